The standard InChI is InChI=1S/C23H25NO5/c1-26-13-8-9-15(19(11-13)28-3)21-22-16(6-5-7-18(22)25)24-17-10-14(27-2)12-20(29-4)23(17)21/h8-12,21,24H,5-7H2,1-4H3. The minimum absolute atomic E-state index is 0.158. The summed E-state index contributed by atoms with van der Waals surface area (Å²) in [6, 6.07) is 9.50. The lowest BCUT2D eigenvalue weighted by molar-refractivity contribution is -0.116. The summed E-state index contributed by atoms with van der Waals surface area (Å²) in [7, 11) is 6.51. The second-order valence-electron chi connectivity index (χ2n) is 7.13. The van der Waals surface area contributed by atoms with E-state index in [0.717, 1.165) is 40.9 Å². The molecule has 0 fully saturated rings. The van der Waals surface area contributed by atoms with Gasteiger partial charge in [-0.3, -0.25) is 4.79 Å². The normalized spacial score (nSPS) is 17.8. The van der Waals surface area contributed by atoms with Crippen molar-refractivity contribution >= 4 is 11.5 Å². The molecular formula is C23H25NO5. The molecule has 2 aromatic carbocycles. The lowest BCUT2D eigenvalue weighted by Gasteiger charge is -2.35. The number of ketones is 1. The van der Waals surface area contributed by atoms with Gasteiger partial charge in [-0.25, -0.2) is 0 Å². The van der Waals surface area contributed by atoms with Gasteiger partial charge in [-0.2, -0.15) is 0 Å². The average molecular weight is 395 g/mol. The predicted molar refractivity (Wildman–Crippen MR) is 110 cm³/mol. The van der Waals surface area contributed by atoms with Crippen LogP contribution in [0.1, 0.15) is 36.3 Å². The van der Waals surface area contributed by atoms with Gasteiger partial charge in [0.05, 0.1) is 28.4 Å². The minimum atomic E-state index is -0.296. The number of Topliss-reactive ketones (excluding diaryl/α,β-unsaturated/α-hetero) is 1. The summed E-state index contributed by atoms with van der Waals surface area (Å²) < 4.78 is 22.2. The first-order chi connectivity index (χ1) is 14.1. The van der Waals surface area contributed by atoms with E-state index in [9.17, 15) is 4.79 Å². The zero-order valence-corrected chi connectivity index (χ0v) is 17.1. The highest BCUT2D eigenvalue weighted by molar-refractivity contribution is 6.01. The van der Waals surface area contributed by atoms with Crippen LogP contribution in [0, 0.1) is 0 Å². The molecule has 4 rings (SSSR count). The summed E-state index contributed by atoms with van der Waals surface area (Å²) in [5.74, 6) is 2.59. The summed E-state index contributed by atoms with van der Waals surface area (Å²) in [6.07, 6.45) is 2.21. The Morgan fingerprint density at radius 1 is 0.862 bits per heavy atom. The lowest BCUT2D eigenvalue weighted by atomic mass is 9.75. The zero-order valence-electron chi connectivity index (χ0n) is 17.1. The zero-order chi connectivity index (χ0) is 20.5. The topological polar surface area (TPSA) is 66.0 Å². The minimum Gasteiger partial charge on any atom is -0.497 e. The number of hydrogen-bond donors (Lipinski definition) is 1. The number of fused-ring (bicyclic) bond motifs is 1. The third kappa shape index (κ3) is 3.18. The quantitative estimate of drug-likeness (QED) is 0.815. The van der Waals surface area contributed by atoms with Gasteiger partial charge in [0, 0.05) is 58.6 Å². The van der Waals surface area contributed by atoms with E-state index >= 15 is 0 Å². The van der Waals surface area contributed by atoms with Crippen molar-refractivity contribution in [2.45, 2.75) is 25.2 Å². The number of methoxy groups -OCH3 is 4. The van der Waals surface area contributed by atoms with Crippen LogP contribution in [0.4, 0.5) is 5.69 Å². The Hall–Kier alpha value is -3.15. The van der Waals surface area contributed by atoms with E-state index in [1.165, 1.54) is 0 Å². The maximum absolute atomic E-state index is 13.0. The highest BCUT2D eigenvalue weighted by Crippen LogP contribution is 2.52. The number of ether oxygens (including phenoxy) is 4. The van der Waals surface area contributed by atoms with E-state index in [4.69, 9.17) is 18.9 Å². The van der Waals surface area contributed by atoms with Gasteiger partial charge >= 0.3 is 0 Å². The monoisotopic (exact) mass is 395 g/mol. The molecule has 2 aromatic rings. The van der Waals surface area contributed by atoms with Crippen LogP contribution >= 0.6 is 0 Å². The summed E-state index contributed by atoms with van der Waals surface area (Å²) in [5, 5.41) is 3.47. The van der Waals surface area contributed by atoms with E-state index in [2.05, 4.69) is 5.32 Å². The molecule has 2 aliphatic rings. The summed E-state index contributed by atoms with van der Waals surface area (Å²) in [6.45, 7) is 0. The fraction of sp³-hybridized carbons (Fsp3) is 0.348. The summed E-state index contributed by atoms with van der Waals surface area (Å²) in [4.78, 5) is 13.0. The second-order valence-corrected chi connectivity index (χ2v) is 7.13. The van der Waals surface area contributed by atoms with Crippen LogP contribution in [-0.2, 0) is 4.79 Å². The van der Waals surface area contributed by atoms with E-state index in [1.807, 2.05) is 30.3 Å². The van der Waals surface area contributed by atoms with Crippen molar-refractivity contribution in [1.29, 1.82) is 0 Å². The molecule has 1 N–H and O–H groups in total. The highest BCUT2D eigenvalue weighted by Gasteiger charge is 2.38. The molecule has 0 amide bonds. The van der Waals surface area contributed by atoms with Gasteiger partial charge in [0.25, 0.3) is 0 Å². The first-order valence-corrected chi connectivity index (χ1v) is 9.62. The molecule has 0 bridgehead atoms. The summed E-state index contributed by atoms with van der Waals surface area (Å²) >= 11 is 0. The Morgan fingerprint density at radius 2 is 1.59 bits per heavy atom. The Labute approximate surface area is 170 Å². The van der Waals surface area contributed by atoms with E-state index < -0.39 is 0 Å². The van der Waals surface area contributed by atoms with Crippen LogP contribution in [0.2, 0.25) is 0 Å². The molecule has 6 heteroatoms. The Bertz CT molecular complexity index is 995. The van der Waals surface area contributed by atoms with Crippen molar-refractivity contribution in [3.8, 4) is 23.0 Å². The number of rotatable bonds is 5. The first-order valence-electron chi connectivity index (χ1n) is 9.62. The molecule has 29 heavy (non-hydrogen) atoms. The fourth-order valence-corrected chi connectivity index (χ4v) is 4.29. The third-order valence-corrected chi connectivity index (χ3v) is 5.64. The number of nitrogens with one attached hydrogen (secondary N) is 1. The fourth-order valence-electron chi connectivity index (χ4n) is 4.29. The predicted octanol–water partition coefficient (Wildman–Crippen LogP) is 4.29. The molecule has 1 aliphatic heterocycles. The van der Waals surface area contributed by atoms with E-state index in [0.29, 0.717) is 29.4 Å². The van der Waals surface area contributed by atoms with Gasteiger partial charge in [-0.05, 0) is 18.9 Å². The van der Waals surface area contributed by atoms with Gasteiger partial charge in [0.1, 0.15) is 23.0 Å². The van der Waals surface area contributed by atoms with Crippen molar-refractivity contribution < 1.29 is 23.7 Å². The van der Waals surface area contributed by atoms with Crippen LogP contribution in [0.5, 0.6) is 23.0 Å². The summed E-state index contributed by atoms with van der Waals surface area (Å²) in [5.41, 5.74) is 4.45. The van der Waals surface area contributed by atoms with Crippen molar-refractivity contribution in [2.24, 2.45) is 0 Å². The van der Waals surface area contributed by atoms with Gasteiger partial charge < -0.3 is 24.3 Å². The molecule has 0 saturated carbocycles. The number of carbonyl (C=O) groups excluding carboxylic acids is 1. The van der Waals surface area contributed by atoms with Gasteiger partial charge in [0.15, 0.2) is 5.78 Å². The van der Waals surface area contributed by atoms with Gasteiger partial charge in [-0.15, -0.1) is 0 Å². The molecule has 0 radical (unpaired) electrons. The molecule has 6 nitrogen and oxygen atoms in total. The van der Waals surface area contributed by atoms with Crippen molar-refractivity contribution in [1.82, 2.24) is 0 Å². The smallest absolute Gasteiger partial charge is 0.161 e. The van der Waals surface area contributed by atoms with Crippen LogP contribution < -0.4 is 24.3 Å². The van der Waals surface area contributed by atoms with E-state index in [-0.39, 0.29) is 11.7 Å². The SMILES string of the molecule is COc1ccc(C2C3=C(CCCC3=O)Nc3cc(OC)cc(OC)c32)c(OC)c1. The van der Waals surface area contributed by atoms with Crippen LogP contribution in [0.15, 0.2) is 41.6 Å². The largest absolute Gasteiger partial charge is 0.497 e. The Kier molecular flexibility index (Phi) is 5.09. The van der Waals surface area contributed by atoms with Crippen LogP contribution in [0.3, 0.4) is 0 Å². The number of allylic oxidation sites excluding steroid dienone is 2. The van der Waals surface area contributed by atoms with Crippen LogP contribution in [0.25, 0.3) is 0 Å². The molecule has 0 spiro atoms. The molecule has 1 unspecified atom stereocenters. The molecular weight excluding hydrogens is 370 g/mol. The van der Waals surface area contributed by atoms with E-state index in [1.54, 1.807) is 28.4 Å². The Morgan fingerprint density at radius 3 is 2.28 bits per heavy atom. The molecule has 1 atom stereocenters. The van der Waals surface area contributed by atoms with Crippen molar-refractivity contribution in [3.05, 3.63) is 52.7 Å². The highest BCUT2D eigenvalue weighted by atomic mass is 16.5. The first kappa shape index (κ1) is 19.2. The number of benzene rings is 2. The van der Waals surface area contributed by atoms with Gasteiger partial charge in [0.2, 0.25) is 0 Å². The van der Waals surface area contributed by atoms with Crippen molar-refractivity contribution in [3.63, 3.8) is 0 Å². The van der Waals surface area contributed by atoms with Crippen LogP contribution in [-0.4, -0.2) is 34.2 Å². The number of carbonyl (C=O) groups is 1. The molecule has 1 heterocycles. The second kappa shape index (κ2) is 7.70. The number of hydrogen-bond acceptors (Lipinski definition) is 6. The maximum atomic E-state index is 13.0. The Balaban J connectivity index is 2.00. The number of anilines is 1. The molecule has 152 valence electrons. The molecule has 1 aliphatic carbocycles. The molecule has 0 aromatic heterocycles. The molecule has 0 saturated heterocycles. The van der Waals surface area contributed by atoms with Crippen molar-refractivity contribution in [2.75, 3.05) is 33.8 Å². The third-order valence-electron chi connectivity index (χ3n) is 5.64. The lowest BCUT2D eigenvalue weighted by Crippen LogP contribution is -2.27. The van der Waals surface area contributed by atoms with Gasteiger partial charge in [-0.1, -0.05) is 6.07 Å². The maximum Gasteiger partial charge on any atom is 0.161 e. The average Bonchev–Trinajstić information content (AvgIpc) is 2.76.